The molecule has 0 spiro atoms. The molecular weight excluding hydrogens is 765 g/mol. The molecule has 0 unspecified atom stereocenters. The molecule has 0 amide bonds. The standard InChI is InChI=1S/C59H42N4/c1-59(2)48-29-14-15-30-52(48)62(44-24-10-5-11-25-44)53-34-33-42(37-49(53)59)47-28-17-31-54-57(47)56-46-27-13-12-18-39(46)32-35-55(56)63(54)45-26-16-23-43(36-45)51-38-50(40-19-6-3-7-20-40)60-58(61-51)41-21-8-4-9-22-41/h3-38H,1-2H3. The summed E-state index contributed by atoms with van der Waals surface area (Å²) in [7, 11) is 0. The minimum atomic E-state index is -0.232. The molecule has 0 atom stereocenters. The van der Waals surface area contributed by atoms with Crippen LogP contribution in [0.4, 0.5) is 17.1 Å². The maximum Gasteiger partial charge on any atom is 0.160 e. The van der Waals surface area contributed by atoms with Gasteiger partial charge < -0.3 is 9.47 Å². The van der Waals surface area contributed by atoms with Crippen LogP contribution in [0.2, 0.25) is 0 Å². The lowest BCUT2D eigenvalue weighted by Crippen LogP contribution is -2.30. The Labute approximate surface area is 367 Å². The van der Waals surface area contributed by atoms with E-state index >= 15 is 0 Å². The Morgan fingerprint density at radius 2 is 1.02 bits per heavy atom. The molecular formula is C59H42N4. The van der Waals surface area contributed by atoms with Gasteiger partial charge in [0.1, 0.15) is 0 Å². The molecule has 4 nitrogen and oxygen atoms in total. The third-order valence-corrected chi connectivity index (χ3v) is 13.0. The Hall–Kier alpha value is -8.08. The van der Waals surface area contributed by atoms with Crippen LogP contribution in [0.3, 0.4) is 0 Å². The lowest BCUT2D eigenvalue weighted by Gasteiger charge is -2.42. The molecule has 12 rings (SSSR count). The Bertz CT molecular complexity index is 3480. The first-order valence-corrected chi connectivity index (χ1v) is 21.7. The molecule has 63 heavy (non-hydrogen) atoms. The van der Waals surface area contributed by atoms with Crippen molar-refractivity contribution in [3.05, 3.63) is 230 Å². The summed E-state index contributed by atoms with van der Waals surface area (Å²) in [6, 6.07) is 78.5. The number of aromatic nitrogens is 3. The first-order chi connectivity index (χ1) is 31.0. The molecule has 1 aliphatic rings. The van der Waals surface area contributed by atoms with Gasteiger partial charge in [0.2, 0.25) is 0 Å². The first kappa shape index (κ1) is 36.7. The lowest BCUT2D eigenvalue weighted by molar-refractivity contribution is 0.632. The maximum atomic E-state index is 5.20. The molecule has 0 bridgehead atoms. The van der Waals surface area contributed by atoms with Crippen LogP contribution < -0.4 is 4.90 Å². The quantitative estimate of drug-likeness (QED) is 0.168. The van der Waals surface area contributed by atoms with Gasteiger partial charge in [0.25, 0.3) is 0 Å². The molecule has 2 aromatic heterocycles. The van der Waals surface area contributed by atoms with E-state index in [9.17, 15) is 0 Å². The van der Waals surface area contributed by atoms with Crippen molar-refractivity contribution < 1.29 is 0 Å². The second-order valence-electron chi connectivity index (χ2n) is 17.0. The third kappa shape index (κ3) is 5.98. The van der Waals surface area contributed by atoms with E-state index in [0.29, 0.717) is 5.82 Å². The van der Waals surface area contributed by atoms with E-state index in [1.807, 2.05) is 24.3 Å². The van der Waals surface area contributed by atoms with Crippen molar-refractivity contribution in [3.8, 4) is 50.7 Å². The molecule has 0 saturated carbocycles. The zero-order chi connectivity index (χ0) is 42.1. The lowest BCUT2D eigenvalue weighted by atomic mass is 9.73. The average molecular weight is 807 g/mol. The van der Waals surface area contributed by atoms with E-state index in [1.54, 1.807) is 0 Å². The topological polar surface area (TPSA) is 34.0 Å². The third-order valence-electron chi connectivity index (χ3n) is 13.0. The van der Waals surface area contributed by atoms with Gasteiger partial charge in [0.15, 0.2) is 5.82 Å². The summed E-state index contributed by atoms with van der Waals surface area (Å²) in [5.74, 6) is 0.703. The minimum absolute atomic E-state index is 0.232. The summed E-state index contributed by atoms with van der Waals surface area (Å²) in [5, 5.41) is 4.94. The number of nitrogens with zero attached hydrogens (tertiary/aromatic N) is 4. The van der Waals surface area contributed by atoms with Crippen LogP contribution in [0.15, 0.2) is 218 Å². The van der Waals surface area contributed by atoms with E-state index in [1.165, 1.54) is 55.2 Å². The molecule has 0 fully saturated rings. The van der Waals surface area contributed by atoms with Crippen LogP contribution in [-0.2, 0) is 5.41 Å². The van der Waals surface area contributed by atoms with E-state index in [0.717, 1.165) is 50.5 Å². The van der Waals surface area contributed by atoms with Crippen molar-refractivity contribution in [2.45, 2.75) is 19.3 Å². The summed E-state index contributed by atoms with van der Waals surface area (Å²) < 4.78 is 2.44. The van der Waals surface area contributed by atoms with Gasteiger partial charge in [-0.3, -0.25) is 0 Å². The fourth-order valence-electron chi connectivity index (χ4n) is 9.95. The number of rotatable bonds is 6. The zero-order valence-corrected chi connectivity index (χ0v) is 35.1. The van der Waals surface area contributed by atoms with Crippen LogP contribution in [0, 0.1) is 0 Å². The molecule has 11 aromatic rings. The highest BCUT2D eigenvalue weighted by molar-refractivity contribution is 6.25. The SMILES string of the molecule is CC1(C)c2ccccc2N(c2ccccc2)c2ccc(-c3cccc4c3c3c5ccccc5ccc3n4-c3cccc(-c4cc(-c5ccccc5)nc(-c5ccccc5)n4)c3)cc21. The monoisotopic (exact) mass is 806 g/mol. The Morgan fingerprint density at radius 3 is 1.83 bits per heavy atom. The summed E-state index contributed by atoms with van der Waals surface area (Å²) in [5.41, 5.74) is 16.6. The highest BCUT2D eigenvalue weighted by atomic mass is 15.2. The van der Waals surface area contributed by atoms with Crippen molar-refractivity contribution in [1.29, 1.82) is 0 Å². The van der Waals surface area contributed by atoms with Gasteiger partial charge in [-0.05, 0) is 93.7 Å². The zero-order valence-electron chi connectivity index (χ0n) is 35.1. The average Bonchev–Trinajstić information content (AvgIpc) is 3.70. The highest BCUT2D eigenvalue weighted by Crippen LogP contribution is 2.53. The second-order valence-corrected chi connectivity index (χ2v) is 17.0. The van der Waals surface area contributed by atoms with E-state index in [-0.39, 0.29) is 5.41 Å². The molecule has 0 aliphatic carbocycles. The molecule has 298 valence electrons. The Balaban J connectivity index is 1.07. The van der Waals surface area contributed by atoms with Crippen LogP contribution >= 0.6 is 0 Å². The maximum absolute atomic E-state index is 5.20. The van der Waals surface area contributed by atoms with Crippen molar-refractivity contribution in [2.75, 3.05) is 4.90 Å². The molecule has 9 aromatic carbocycles. The van der Waals surface area contributed by atoms with Crippen LogP contribution in [-0.4, -0.2) is 14.5 Å². The summed E-state index contributed by atoms with van der Waals surface area (Å²) in [6.07, 6.45) is 0. The predicted octanol–water partition coefficient (Wildman–Crippen LogP) is 15.5. The smallest absolute Gasteiger partial charge is 0.160 e. The van der Waals surface area contributed by atoms with E-state index < -0.39 is 0 Å². The molecule has 0 saturated heterocycles. The molecule has 1 aliphatic heterocycles. The largest absolute Gasteiger partial charge is 0.310 e. The number of para-hydroxylation sites is 2. The van der Waals surface area contributed by atoms with Crippen LogP contribution in [0.25, 0.3) is 83.3 Å². The van der Waals surface area contributed by atoms with Crippen molar-refractivity contribution in [2.24, 2.45) is 0 Å². The minimum Gasteiger partial charge on any atom is -0.310 e. The van der Waals surface area contributed by atoms with Crippen LogP contribution in [0.5, 0.6) is 0 Å². The molecule has 0 radical (unpaired) electrons. The second kappa shape index (κ2) is 14.5. The molecule has 4 heteroatoms. The van der Waals surface area contributed by atoms with Gasteiger partial charge in [-0.15, -0.1) is 0 Å². The fourth-order valence-corrected chi connectivity index (χ4v) is 9.95. The number of anilines is 3. The Morgan fingerprint density at radius 1 is 0.397 bits per heavy atom. The van der Waals surface area contributed by atoms with Crippen molar-refractivity contribution >= 4 is 49.6 Å². The summed E-state index contributed by atoms with van der Waals surface area (Å²) in [6.45, 7) is 4.74. The molecule has 3 heterocycles. The van der Waals surface area contributed by atoms with Gasteiger partial charge in [-0.25, -0.2) is 9.97 Å². The van der Waals surface area contributed by atoms with Gasteiger partial charge >= 0.3 is 0 Å². The Kier molecular flexibility index (Phi) is 8.48. The number of fused-ring (bicyclic) bond motifs is 7. The first-order valence-electron chi connectivity index (χ1n) is 21.7. The van der Waals surface area contributed by atoms with E-state index in [4.69, 9.17) is 9.97 Å². The summed E-state index contributed by atoms with van der Waals surface area (Å²) >= 11 is 0. The highest BCUT2D eigenvalue weighted by Gasteiger charge is 2.37. The van der Waals surface area contributed by atoms with Gasteiger partial charge in [0, 0.05) is 44.3 Å². The van der Waals surface area contributed by atoms with Gasteiger partial charge in [0.05, 0.1) is 33.8 Å². The number of hydrogen-bond donors (Lipinski definition) is 0. The summed E-state index contributed by atoms with van der Waals surface area (Å²) in [4.78, 5) is 12.7. The number of hydrogen-bond acceptors (Lipinski definition) is 3. The predicted molar refractivity (Wildman–Crippen MR) is 262 cm³/mol. The van der Waals surface area contributed by atoms with Crippen molar-refractivity contribution in [1.82, 2.24) is 14.5 Å². The normalized spacial score (nSPS) is 13.0. The van der Waals surface area contributed by atoms with Crippen molar-refractivity contribution in [3.63, 3.8) is 0 Å². The van der Waals surface area contributed by atoms with Gasteiger partial charge in [-0.2, -0.15) is 0 Å². The fraction of sp³-hybridized carbons (Fsp3) is 0.0508. The number of benzene rings is 9. The van der Waals surface area contributed by atoms with E-state index in [2.05, 4.69) is 217 Å². The molecule has 0 N–H and O–H groups in total. The van der Waals surface area contributed by atoms with Crippen LogP contribution in [0.1, 0.15) is 25.0 Å². The van der Waals surface area contributed by atoms with Gasteiger partial charge in [-0.1, -0.05) is 172 Å².